The summed E-state index contributed by atoms with van der Waals surface area (Å²) in [6.07, 6.45) is 0. The van der Waals surface area contributed by atoms with Crippen molar-refractivity contribution in [3.05, 3.63) is 75.0 Å². The van der Waals surface area contributed by atoms with Crippen molar-refractivity contribution in [2.24, 2.45) is 5.10 Å². The lowest BCUT2D eigenvalue weighted by molar-refractivity contribution is -0.384. The smallest absolute Gasteiger partial charge is 0.295 e. The first kappa shape index (κ1) is 21.3. The first-order valence-corrected chi connectivity index (χ1v) is 11.0. The number of nitro groups is 1. The molecule has 2 N–H and O–H groups in total. The second-order valence-electron chi connectivity index (χ2n) is 6.03. The van der Waals surface area contributed by atoms with Crippen molar-refractivity contribution in [1.29, 1.82) is 0 Å². The van der Waals surface area contributed by atoms with Crippen molar-refractivity contribution in [3.8, 4) is 5.75 Å². The number of hydrogen-bond donors (Lipinski definition) is 2. The second kappa shape index (κ2) is 8.93. The topological polar surface area (TPSA) is 123 Å². The van der Waals surface area contributed by atoms with Gasteiger partial charge in [0.15, 0.2) is 0 Å². The lowest BCUT2D eigenvalue weighted by Gasteiger charge is -2.12. The molecule has 156 valence electrons. The van der Waals surface area contributed by atoms with E-state index in [4.69, 9.17) is 4.74 Å². The van der Waals surface area contributed by atoms with Crippen molar-refractivity contribution in [3.63, 3.8) is 0 Å². The summed E-state index contributed by atoms with van der Waals surface area (Å²) in [5.41, 5.74) is 3.18. The zero-order valence-electron chi connectivity index (χ0n) is 16.0. The fourth-order valence-electron chi connectivity index (χ4n) is 2.54. The summed E-state index contributed by atoms with van der Waals surface area (Å²) in [5.74, 6) is 0.326. The van der Waals surface area contributed by atoms with Crippen molar-refractivity contribution < 1.29 is 18.1 Å². The second-order valence-corrected chi connectivity index (χ2v) is 8.66. The van der Waals surface area contributed by atoms with E-state index in [1.165, 1.54) is 36.6 Å². The SMILES string of the molecule is COc1ccccc1NS(=O)(=O)c1ccc(NN=C(C)c2cccs2)c([N+](=O)[O-])c1. The van der Waals surface area contributed by atoms with Crippen LogP contribution in [-0.4, -0.2) is 26.2 Å². The van der Waals surface area contributed by atoms with E-state index in [0.717, 1.165) is 10.9 Å². The monoisotopic (exact) mass is 446 g/mol. The van der Waals surface area contributed by atoms with Crippen molar-refractivity contribution in [2.45, 2.75) is 11.8 Å². The predicted octanol–water partition coefficient (Wildman–Crippen LogP) is 4.30. The summed E-state index contributed by atoms with van der Waals surface area (Å²) >= 11 is 1.48. The van der Waals surface area contributed by atoms with E-state index in [-0.39, 0.29) is 16.3 Å². The van der Waals surface area contributed by atoms with Gasteiger partial charge in [0.25, 0.3) is 15.7 Å². The molecule has 1 aromatic heterocycles. The third kappa shape index (κ3) is 4.75. The Kier molecular flexibility index (Phi) is 6.33. The molecule has 3 rings (SSSR count). The average molecular weight is 447 g/mol. The van der Waals surface area contributed by atoms with Crippen LogP contribution in [0.4, 0.5) is 17.1 Å². The molecule has 9 nitrogen and oxygen atoms in total. The van der Waals surface area contributed by atoms with Crippen LogP contribution < -0.4 is 14.9 Å². The molecule has 0 unspecified atom stereocenters. The molecule has 11 heteroatoms. The number of rotatable bonds is 8. The van der Waals surface area contributed by atoms with Crippen molar-refractivity contribution >= 4 is 44.1 Å². The molecule has 0 saturated carbocycles. The number of hydrogen-bond acceptors (Lipinski definition) is 8. The number of para-hydroxylation sites is 2. The highest BCUT2D eigenvalue weighted by molar-refractivity contribution is 7.92. The molecule has 0 fully saturated rings. The predicted molar refractivity (Wildman–Crippen MR) is 117 cm³/mol. The van der Waals surface area contributed by atoms with Gasteiger partial charge in [0.05, 0.1) is 28.3 Å². The summed E-state index contributed by atoms with van der Waals surface area (Å²) in [5, 5.41) is 17.6. The van der Waals surface area contributed by atoms with Crippen LogP contribution in [0.1, 0.15) is 11.8 Å². The van der Waals surface area contributed by atoms with E-state index in [1.807, 2.05) is 17.5 Å². The minimum absolute atomic E-state index is 0.0761. The molecule has 3 aromatic rings. The third-order valence-electron chi connectivity index (χ3n) is 4.05. The van der Waals surface area contributed by atoms with E-state index in [2.05, 4.69) is 15.2 Å². The number of nitrogens with zero attached hydrogens (tertiary/aromatic N) is 2. The first-order chi connectivity index (χ1) is 14.3. The maximum absolute atomic E-state index is 12.7. The molecule has 30 heavy (non-hydrogen) atoms. The van der Waals surface area contributed by atoms with Gasteiger partial charge in [-0.05, 0) is 42.6 Å². The zero-order valence-corrected chi connectivity index (χ0v) is 17.7. The number of ether oxygens (including phenoxy) is 1. The maximum atomic E-state index is 12.7. The molecule has 1 heterocycles. The summed E-state index contributed by atoms with van der Waals surface area (Å²) in [7, 11) is -2.67. The van der Waals surface area contributed by atoms with Crippen LogP contribution in [0.5, 0.6) is 5.75 Å². The van der Waals surface area contributed by atoms with Crippen LogP contribution in [0.3, 0.4) is 0 Å². The Morgan fingerprint density at radius 3 is 2.57 bits per heavy atom. The number of sulfonamides is 1. The number of benzene rings is 2. The molecular formula is C19H18N4O5S2. The number of methoxy groups -OCH3 is 1. The number of nitro benzene ring substituents is 1. The lowest BCUT2D eigenvalue weighted by Crippen LogP contribution is -2.14. The van der Waals surface area contributed by atoms with Gasteiger partial charge in [-0.25, -0.2) is 8.42 Å². The quantitative estimate of drug-likeness (QED) is 0.302. The summed E-state index contributed by atoms with van der Waals surface area (Å²) in [6.45, 7) is 1.76. The van der Waals surface area contributed by atoms with Crippen LogP contribution in [0, 0.1) is 10.1 Å². The Bertz CT molecular complexity index is 1190. The number of anilines is 2. The molecule has 0 atom stereocenters. The summed E-state index contributed by atoms with van der Waals surface area (Å²) < 4.78 is 33.0. The van der Waals surface area contributed by atoms with Crippen LogP contribution >= 0.6 is 11.3 Å². The summed E-state index contributed by atoms with van der Waals surface area (Å²) in [4.78, 5) is 11.5. The molecule has 0 aliphatic carbocycles. The van der Waals surface area contributed by atoms with Crippen LogP contribution in [0.25, 0.3) is 0 Å². The van der Waals surface area contributed by atoms with E-state index in [0.29, 0.717) is 11.5 Å². The first-order valence-electron chi connectivity index (χ1n) is 8.60. The van der Waals surface area contributed by atoms with Gasteiger partial charge in [-0.3, -0.25) is 20.3 Å². The largest absolute Gasteiger partial charge is 0.495 e. The fraction of sp³-hybridized carbons (Fsp3) is 0.105. The van der Waals surface area contributed by atoms with Crippen LogP contribution in [-0.2, 0) is 10.0 Å². The Hall–Kier alpha value is -3.44. The number of thiophene rings is 1. The maximum Gasteiger partial charge on any atom is 0.295 e. The van der Waals surface area contributed by atoms with Crippen LogP contribution in [0.2, 0.25) is 0 Å². The molecule has 0 spiro atoms. The van der Waals surface area contributed by atoms with Crippen molar-refractivity contribution in [2.75, 3.05) is 17.3 Å². The Labute approximate surface area is 177 Å². The number of nitrogens with one attached hydrogen (secondary N) is 2. The highest BCUT2D eigenvalue weighted by Crippen LogP contribution is 2.30. The van der Waals surface area contributed by atoms with E-state index >= 15 is 0 Å². The van der Waals surface area contributed by atoms with Gasteiger partial charge in [-0.1, -0.05) is 18.2 Å². The van der Waals surface area contributed by atoms with Gasteiger partial charge < -0.3 is 4.74 Å². The minimum atomic E-state index is -4.08. The van der Waals surface area contributed by atoms with Crippen LogP contribution in [0.15, 0.2) is 70.0 Å². The Morgan fingerprint density at radius 2 is 1.90 bits per heavy atom. The molecule has 0 aliphatic heterocycles. The van der Waals surface area contributed by atoms with Crippen molar-refractivity contribution in [1.82, 2.24) is 0 Å². The molecule has 0 saturated heterocycles. The third-order valence-corrected chi connectivity index (χ3v) is 6.39. The van der Waals surface area contributed by atoms with Gasteiger partial charge in [-0.15, -0.1) is 11.3 Å². The highest BCUT2D eigenvalue weighted by atomic mass is 32.2. The summed E-state index contributed by atoms with van der Waals surface area (Å²) in [6, 6.07) is 13.8. The minimum Gasteiger partial charge on any atom is -0.495 e. The molecule has 2 aromatic carbocycles. The lowest BCUT2D eigenvalue weighted by atomic mass is 10.3. The van der Waals surface area contributed by atoms with Gasteiger partial charge in [-0.2, -0.15) is 5.10 Å². The Balaban J connectivity index is 1.90. The fourth-order valence-corrected chi connectivity index (χ4v) is 4.31. The zero-order chi connectivity index (χ0) is 21.7. The highest BCUT2D eigenvalue weighted by Gasteiger charge is 2.22. The molecule has 0 bridgehead atoms. The standard InChI is InChI=1S/C19H18N4O5S2/c1-13(19-8-5-11-29-19)20-21-15-10-9-14(12-17(15)23(24)25)30(26,27)22-16-6-3-4-7-18(16)28-2/h3-12,21-22H,1-2H3. The Morgan fingerprint density at radius 1 is 1.13 bits per heavy atom. The molecule has 0 amide bonds. The molecule has 0 radical (unpaired) electrons. The normalized spacial score (nSPS) is 11.7. The number of hydrazone groups is 1. The molecular weight excluding hydrogens is 428 g/mol. The van der Waals surface area contributed by atoms with Gasteiger partial charge in [0, 0.05) is 10.9 Å². The van der Waals surface area contributed by atoms with Gasteiger partial charge >= 0.3 is 0 Å². The van der Waals surface area contributed by atoms with E-state index < -0.39 is 20.6 Å². The van der Waals surface area contributed by atoms with E-state index in [1.54, 1.807) is 25.1 Å². The van der Waals surface area contributed by atoms with Gasteiger partial charge in [0.2, 0.25) is 0 Å². The van der Waals surface area contributed by atoms with Gasteiger partial charge in [0.1, 0.15) is 11.4 Å². The van der Waals surface area contributed by atoms with E-state index in [9.17, 15) is 18.5 Å². The molecule has 0 aliphatic rings. The average Bonchev–Trinajstić information content (AvgIpc) is 3.27.